The molecule has 0 fully saturated rings. The molecule has 0 saturated carbocycles. The van der Waals surface area contributed by atoms with Crippen molar-refractivity contribution in [1.82, 2.24) is 20.4 Å². The van der Waals surface area contributed by atoms with Crippen LogP contribution in [0.2, 0.25) is 0 Å². The van der Waals surface area contributed by atoms with E-state index in [-0.39, 0.29) is 5.89 Å². The summed E-state index contributed by atoms with van der Waals surface area (Å²) >= 11 is 0. The van der Waals surface area contributed by atoms with Crippen molar-refractivity contribution in [3.8, 4) is 0 Å². The fraction of sp³-hybridized carbons (Fsp3) is 0.545. The molecule has 112 valence electrons. The smallest absolute Gasteiger partial charge is 0.341 e. The minimum Gasteiger partial charge on any atom is -0.341 e. The van der Waals surface area contributed by atoms with Gasteiger partial charge in [0.25, 0.3) is 5.82 Å². The molecule has 20 heavy (non-hydrogen) atoms. The highest BCUT2D eigenvalue weighted by atomic mass is 19.4. The first-order chi connectivity index (χ1) is 9.20. The van der Waals surface area contributed by atoms with Gasteiger partial charge in [-0.2, -0.15) is 18.2 Å². The second-order valence-corrected chi connectivity index (χ2v) is 4.35. The van der Waals surface area contributed by atoms with Crippen LogP contribution in [0.5, 0.6) is 0 Å². The molecule has 0 aliphatic rings. The quantitative estimate of drug-likeness (QED) is 0.830. The van der Waals surface area contributed by atoms with Crippen LogP contribution in [0.4, 0.5) is 13.2 Å². The second kappa shape index (κ2) is 6.51. The van der Waals surface area contributed by atoms with E-state index in [2.05, 4.69) is 20.0 Å². The van der Waals surface area contributed by atoms with Gasteiger partial charge in [-0.3, -0.25) is 4.79 Å². The molecule has 0 aliphatic carbocycles. The van der Waals surface area contributed by atoms with Crippen molar-refractivity contribution in [3.05, 3.63) is 23.9 Å². The summed E-state index contributed by atoms with van der Waals surface area (Å²) in [4.78, 5) is 16.5. The third kappa shape index (κ3) is 5.00. The maximum absolute atomic E-state index is 12.3. The second-order valence-electron chi connectivity index (χ2n) is 4.35. The number of halogens is 3. The lowest BCUT2D eigenvalue weighted by molar-refractivity contribution is -0.146. The first-order valence-electron chi connectivity index (χ1n) is 5.72. The Labute approximate surface area is 113 Å². The lowest BCUT2D eigenvalue weighted by Gasteiger charge is -2.07. The van der Waals surface area contributed by atoms with Crippen molar-refractivity contribution in [2.24, 2.45) is 0 Å². The zero-order valence-electron chi connectivity index (χ0n) is 11.2. The fourth-order valence-corrected chi connectivity index (χ4v) is 1.22. The molecule has 1 heterocycles. The van der Waals surface area contributed by atoms with Gasteiger partial charge in [-0.15, -0.1) is 0 Å². The number of carbonyl (C=O) groups is 1. The zero-order valence-corrected chi connectivity index (χ0v) is 11.2. The van der Waals surface area contributed by atoms with Crippen LogP contribution in [-0.2, 0) is 11.0 Å². The number of nitrogens with one attached hydrogen (secondary N) is 1. The predicted octanol–water partition coefficient (Wildman–Crippen LogP) is 1.38. The average Bonchev–Trinajstić information content (AvgIpc) is 2.76. The summed E-state index contributed by atoms with van der Waals surface area (Å²) < 4.78 is 41.3. The summed E-state index contributed by atoms with van der Waals surface area (Å²) in [6.07, 6.45) is -1.76. The summed E-state index contributed by atoms with van der Waals surface area (Å²) in [5.74, 6) is -2.12. The fourth-order valence-electron chi connectivity index (χ4n) is 1.22. The van der Waals surface area contributed by atoms with E-state index in [0.29, 0.717) is 6.54 Å². The molecule has 1 atom stereocenters. The number of likely N-dealkylation sites (N-methyl/N-ethyl adjacent to an activating group) is 1. The van der Waals surface area contributed by atoms with Crippen LogP contribution in [0.1, 0.15) is 24.7 Å². The number of rotatable bonds is 5. The van der Waals surface area contributed by atoms with Crippen LogP contribution in [-0.4, -0.2) is 41.6 Å². The molecule has 0 spiro atoms. The van der Waals surface area contributed by atoms with Gasteiger partial charge in [-0.05, 0) is 21.0 Å². The molecule has 1 amide bonds. The van der Waals surface area contributed by atoms with Crippen molar-refractivity contribution in [2.75, 3.05) is 20.6 Å². The number of aromatic nitrogens is 2. The molecule has 1 unspecified atom stereocenters. The highest BCUT2D eigenvalue weighted by Gasteiger charge is 2.37. The lowest BCUT2D eigenvalue weighted by Crippen LogP contribution is -2.25. The van der Waals surface area contributed by atoms with Crippen molar-refractivity contribution in [3.63, 3.8) is 0 Å². The van der Waals surface area contributed by atoms with E-state index in [4.69, 9.17) is 0 Å². The van der Waals surface area contributed by atoms with Gasteiger partial charge in [0.05, 0.1) is 0 Å². The number of amides is 1. The Morgan fingerprint density at radius 3 is 2.65 bits per heavy atom. The lowest BCUT2D eigenvalue weighted by atomic mass is 10.3. The monoisotopic (exact) mass is 292 g/mol. The van der Waals surface area contributed by atoms with Crippen molar-refractivity contribution < 1.29 is 22.5 Å². The molecule has 1 N–H and O–H groups in total. The molecule has 1 rings (SSSR count). The van der Waals surface area contributed by atoms with E-state index in [0.717, 1.165) is 0 Å². The van der Waals surface area contributed by atoms with Crippen LogP contribution in [0.15, 0.2) is 16.7 Å². The number of carbonyl (C=O) groups excluding carboxylic acids is 1. The predicted molar refractivity (Wildman–Crippen MR) is 63.6 cm³/mol. The molecular formula is C11H15F3N4O2. The van der Waals surface area contributed by atoms with Crippen molar-refractivity contribution >= 4 is 5.91 Å². The van der Waals surface area contributed by atoms with Crippen LogP contribution in [0.25, 0.3) is 0 Å². The Morgan fingerprint density at radius 2 is 2.15 bits per heavy atom. The minimum absolute atomic E-state index is 0.299. The highest BCUT2D eigenvalue weighted by molar-refractivity contribution is 5.87. The van der Waals surface area contributed by atoms with Gasteiger partial charge in [0.15, 0.2) is 0 Å². The maximum Gasteiger partial charge on any atom is 0.455 e. The van der Waals surface area contributed by atoms with Crippen LogP contribution in [0, 0.1) is 0 Å². The van der Waals surface area contributed by atoms with Gasteiger partial charge in [0, 0.05) is 12.6 Å². The molecule has 0 radical (unpaired) electrons. The summed E-state index contributed by atoms with van der Waals surface area (Å²) in [5, 5.41) is 5.24. The van der Waals surface area contributed by atoms with Crippen molar-refractivity contribution in [2.45, 2.75) is 19.1 Å². The Morgan fingerprint density at radius 1 is 1.50 bits per heavy atom. The van der Waals surface area contributed by atoms with Gasteiger partial charge in [0.2, 0.25) is 11.8 Å². The van der Waals surface area contributed by atoms with Gasteiger partial charge in [-0.25, -0.2) is 0 Å². The first-order valence-corrected chi connectivity index (χ1v) is 5.72. The summed E-state index contributed by atoms with van der Waals surface area (Å²) in [6.45, 7) is 2.02. The van der Waals surface area contributed by atoms with Crippen LogP contribution < -0.4 is 5.32 Å². The molecule has 1 aromatic rings. The van der Waals surface area contributed by atoms with Gasteiger partial charge < -0.3 is 14.7 Å². The third-order valence-corrected chi connectivity index (χ3v) is 2.16. The largest absolute Gasteiger partial charge is 0.455 e. The summed E-state index contributed by atoms with van der Waals surface area (Å²) in [7, 11) is 3.67. The topological polar surface area (TPSA) is 71.3 Å². The number of alkyl halides is 3. The number of hydrogen-bond acceptors (Lipinski definition) is 5. The normalized spacial score (nSPS) is 13.9. The molecule has 1 aromatic heterocycles. The minimum atomic E-state index is -4.67. The molecule has 0 saturated heterocycles. The van der Waals surface area contributed by atoms with E-state index < -0.39 is 23.9 Å². The Kier molecular flexibility index (Phi) is 5.26. The van der Waals surface area contributed by atoms with Crippen molar-refractivity contribution in [1.29, 1.82) is 0 Å². The first kappa shape index (κ1) is 16.2. The molecule has 0 aromatic carbocycles. The number of hydrogen-bond donors (Lipinski definition) is 1. The van der Waals surface area contributed by atoms with Crippen LogP contribution in [0.3, 0.4) is 0 Å². The zero-order chi connectivity index (χ0) is 15.3. The SMILES string of the molecule is CC(NC(=O)/C=C/CN(C)C)c1nc(C(F)(F)F)no1. The average molecular weight is 292 g/mol. The third-order valence-electron chi connectivity index (χ3n) is 2.16. The van der Waals surface area contributed by atoms with Gasteiger partial charge >= 0.3 is 6.18 Å². The number of nitrogens with zero attached hydrogens (tertiary/aromatic N) is 3. The van der Waals surface area contributed by atoms with E-state index in [1.165, 1.54) is 13.0 Å². The summed E-state index contributed by atoms with van der Waals surface area (Å²) in [6, 6.07) is -0.810. The molecule has 0 aliphatic heterocycles. The van der Waals surface area contributed by atoms with Gasteiger partial charge in [0.1, 0.15) is 6.04 Å². The Hall–Kier alpha value is -1.90. The Bertz CT molecular complexity index is 482. The van der Waals surface area contributed by atoms with E-state index in [9.17, 15) is 18.0 Å². The molecular weight excluding hydrogens is 277 g/mol. The molecule has 0 bridgehead atoms. The van der Waals surface area contributed by atoms with Gasteiger partial charge in [-0.1, -0.05) is 11.2 Å². The highest BCUT2D eigenvalue weighted by Crippen LogP contribution is 2.27. The molecule has 9 heteroatoms. The van der Waals surface area contributed by atoms with Crippen LogP contribution >= 0.6 is 0 Å². The Balaban J connectivity index is 2.58. The van der Waals surface area contributed by atoms with E-state index >= 15 is 0 Å². The molecule has 6 nitrogen and oxygen atoms in total. The maximum atomic E-state index is 12.3. The summed E-state index contributed by atoms with van der Waals surface area (Å²) in [5.41, 5.74) is 0. The van der Waals surface area contributed by atoms with E-state index in [1.807, 2.05) is 19.0 Å². The standard InChI is InChI=1S/C11H15F3N4O2/c1-7(15-8(19)5-4-6-18(2)3)9-16-10(17-20-9)11(12,13)14/h4-5,7H,6H2,1-3H3,(H,15,19)/b5-4+. The van der Waals surface area contributed by atoms with E-state index in [1.54, 1.807) is 6.08 Å².